The predicted molar refractivity (Wildman–Crippen MR) is 66.8 cm³/mol. The first-order valence-corrected chi connectivity index (χ1v) is 6.12. The van der Waals surface area contributed by atoms with Crippen LogP contribution in [0.2, 0.25) is 0 Å². The van der Waals surface area contributed by atoms with E-state index in [0.717, 1.165) is 30.6 Å². The minimum absolute atomic E-state index is 0.0267. The zero-order valence-electron chi connectivity index (χ0n) is 9.78. The van der Waals surface area contributed by atoms with Crippen LogP contribution in [0.5, 0.6) is 0 Å². The number of carbonyl (C=O) groups excluding carboxylic acids is 1. The molecule has 0 aromatic heterocycles. The molecule has 2 fully saturated rings. The summed E-state index contributed by atoms with van der Waals surface area (Å²) in [7, 11) is 0. The average molecular weight is 231 g/mol. The molecule has 1 saturated heterocycles. The summed E-state index contributed by atoms with van der Waals surface area (Å²) < 4.78 is 0. The Morgan fingerprint density at radius 1 is 1.41 bits per heavy atom. The van der Waals surface area contributed by atoms with E-state index in [4.69, 9.17) is 5.73 Å². The average Bonchev–Trinajstić information content (AvgIpc) is 2.67. The van der Waals surface area contributed by atoms with Crippen LogP contribution in [-0.2, 0) is 6.54 Å². The van der Waals surface area contributed by atoms with Crippen LogP contribution >= 0.6 is 0 Å². The van der Waals surface area contributed by atoms with Gasteiger partial charge in [-0.25, -0.2) is 4.79 Å². The Morgan fingerprint density at radius 3 is 2.88 bits per heavy atom. The largest absolute Gasteiger partial charge is 0.335 e. The number of urea groups is 1. The van der Waals surface area contributed by atoms with Crippen molar-refractivity contribution in [2.24, 2.45) is 5.73 Å². The Labute approximate surface area is 101 Å². The Balaban J connectivity index is 1.98. The van der Waals surface area contributed by atoms with Crippen molar-refractivity contribution < 1.29 is 4.79 Å². The molecule has 0 bridgehead atoms. The molecule has 1 spiro atoms. The van der Waals surface area contributed by atoms with E-state index in [-0.39, 0.29) is 11.6 Å². The summed E-state index contributed by atoms with van der Waals surface area (Å²) in [5, 5.41) is 2.95. The molecule has 0 radical (unpaired) electrons. The molecule has 1 aliphatic carbocycles. The predicted octanol–water partition coefficient (Wildman–Crippen LogP) is 1.60. The molecule has 1 aliphatic heterocycles. The van der Waals surface area contributed by atoms with E-state index in [1.54, 1.807) is 0 Å². The Hall–Kier alpha value is -1.55. The lowest BCUT2D eigenvalue weighted by molar-refractivity contribution is 0.241. The highest BCUT2D eigenvalue weighted by Gasteiger charge is 2.50. The van der Waals surface area contributed by atoms with Crippen molar-refractivity contribution in [3.63, 3.8) is 0 Å². The van der Waals surface area contributed by atoms with E-state index in [9.17, 15) is 4.79 Å². The lowest BCUT2D eigenvalue weighted by Gasteiger charge is -2.44. The van der Waals surface area contributed by atoms with Crippen molar-refractivity contribution in [3.05, 3.63) is 29.8 Å². The molecule has 17 heavy (non-hydrogen) atoms. The van der Waals surface area contributed by atoms with Crippen molar-refractivity contribution in [2.75, 3.05) is 11.4 Å². The summed E-state index contributed by atoms with van der Waals surface area (Å²) in [6.45, 7) is 1.29. The molecular weight excluding hydrogens is 214 g/mol. The molecule has 3 rings (SSSR count). The summed E-state index contributed by atoms with van der Waals surface area (Å²) in [4.78, 5) is 13.9. The number of nitrogens with one attached hydrogen (secondary N) is 1. The molecule has 90 valence electrons. The van der Waals surface area contributed by atoms with Gasteiger partial charge in [0.25, 0.3) is 0 Å². The van der Waals surface area contributed by atoms with E-state index in [0.29, 0.717) is 6.54 Å². The minimum atomic E-state index is 0.0267. The Kier molecular flexibility index (Phi) is 2.33. The maximum Gasteiger partial charge on any atom is 0.322 e. The number of rotatable bonds is 2. The number of hydrogen-bond donors (Lipinski definition) is 2. The summed E-state index contributed by atoms with van der Waals surface area (Å²) in [5.74, 6) is 0. The quantitative estimate of drug-likeness (QED) is 0.812. The second kappa shape index (κ2) is 3.74. The topological polar surface area (TPSA) is 58.4 Å². The molecule has 2 amide bonds. The zero-order valence-corrected chi connectivity index (χ0v) is 9.78. The second-order valence-electron chi connectivity index (χ2n) is 4.95. The highest BCUT2D eigenvalue weighted by molar-refractivity contribution is 5.96. The Morgan fingerprint density at radius 2 is 2.24 bits per heavy atom. The molecule has 1 heterocycles. The molecule has 4 nitrogen and oxygen atoms in total. The van der Waals surface area contributed by atoms with Crippen LogP contribution in [0.4, 0.5) is 10.5 Å². The van der Waals surface area contributed by atoms with Gasteiger partial charge in [-0.3, -0.25) is 4.90 Å². The fraction of sp³-hybridized carbons (Fsp3) is 0.462. The Bertz CT molecular complexity index is 454. The third kappa shape index (κ3) is 1.52. The van der Waals surface area contributed by atoms with E-state index in [1.807, 2.05) is 29.2 Å². The molecule has 3 N–H and O–H groups in total. The molecular formula is C13H17N3O. The molecule has 1 aromatic rings. The van der Waals surface area contributed by atoms with Crippen LogP contribution in [0.3, 0.4) is 0 Å². The number of amides is 2. The highest BCUT2D eigenvalue weighted by Crippen LogP contribution is 2.42. The molecule has 1 aromatic carbocycles. The third-order valence-corrected chi connectivity index (χ3v) is 3.93. The van der Waals surface area contributed by atoms with Crippen LogP contribution < -0.4 is 16.0 Å². The normalized spacial score (nSPS) is 21.5. The number of nitrogens with two attached hydrogens (primary N) is 1. The molecule has 2 aliphatic rings. The number of carbonyl (C=O) groups is 1. The molecule has 0 atom stereocenters. The van der Waals surface area contributed by atoms with Gasteiger partial charge in [0, 0.05) is 18.8 Å². The van der Waals surface area contributed by atoms with Crippen molar-refractivity contribution in [3.8, 4) is 0 Å². The van der Waals surface area contributed by atoms with E-state index in [2.05, 4.69) is 5.32 Å². The van der Waals surface area contributed by atoms with Gasteiger partial charge in [-0.05, 0) is 37.0 Å². The first-order chi connectivity index (χ1) is 8.25. The number of anilines is 1. The van der Waals surface area contributed by atoms with Crippen LogP contribution in [0.1, 0.15) is 24.8 Å². The fourth-order valence-corrected chi connectivity index (χ4v) is 2.81. The van der Waals surface area contributed by atoms with Gasteiger partial charge in [-0.1, -0.05) is 12.1 Å². The summed E-state index contributed by atoms with van der Waals surface area (Å²) in [5.41, 5.74) is 7.72. The first-order valence-electron chi connectivity index (χ1n) is 6.12. The molecule has 4 heteroatoms. The van der Waals surface area contributed by atoms with Gasteiger partial charge in [0.05, 0.1) is 5.54 Å². The van der Waals surface area contributed by atoms with Crippen LogP contribution in [-0.4, -0.2) is 18.1 Å². The van der Waals surface area contributed by atoms with Gasteiger partial charge in [-0.2, -0.15) is 0 Å². The van der Waals surface area contributed by atoms with Crippen molar-refractivity contribution >= 4 is 11.7 Å². The van der Waals surface area contributed by atoms with E-state index < -0.39 is 0 Å². The zero-order chi connectivity index (χ0) is 11.9. The highest BCUT2D eigenvalue weighted by atomic mass is 16.2. The van der Waals surface area contributed by atoms with Gasteiger partial charge >= 0.3 is 6.03 Å². The number of nitrogens with zero attached hydrogens (tertiary/aromatic N) is 1. The van der Waals surface area contributed by atoms with Gasteiger partial charge < -0.3 is 11.1 Å². The van der Waals surface area contributed by atoms with E-state index >= 15 is 0 Å². The number of benzene rings is 1. The standard InChI is InChI=1S/C13H17N3O/c14-8-10-3-1-4-11(7-10)16-12(17)15-9-13(16)5-2-6-13/h1,3-4,7H,2,5-6,8-9,14H2,(H,15,17). The minimum Gasteiger partial charge on any atom is -0.335 e. The lowest BCUT2D eigenvalue weighted by Crippen LogP contribution is -2.52. The molecule has 0 unspecified atom stereocenters. The van der Waals surface area contributed by atoms with Gasteiger partial charge in [0.1, 0.15) is 0 Å². The molecule has 1 saturated carbocycles. The fourth-order valence-electron chi connectivity index (χ4n) is 2.81. The summed E-state index contributed by atoms with van der Waals surface area (Å²) >= 11 is 0. The van der Waals surface area contributed by atoms with Crippen LogP contribution in [0.25, 0.3) is 0 Å². The van der Waals surface area contributed by atoms with E-state index in [1.165, 1.54) is 6.42 Å². The van der Waals surface area contributed by atoms with Crippen molar-refractivity contribution in [1.29, 1.82) is 0 Å². The second-order valence-corrected chi connectivity index (χ2v) is 4.95. The smallest absolute Gasteiger partial charge is 0.322 e. The van der Waals surface area contributed by atoms with Gasteiger partial charge in [0.15, 0.2) is 0 Å². The van der Waals surface area contributed by atoms with Crippen molar-refractivity contribution in [1.82, 2.24) is 5.32 Å². The van der Waals surface area contributed by atoms with Crippen LogP contribution in [0, 0.1) is 0 Å². The third-order valence-electron chi connectivity index (χ3n) is 3.93. The maximum absolute atomic E-state index is 12.0. The summed E-state index contributed by atoms with van der Waals surface area (Å²) in [6.07, 6.45) is 3.40. The van der Waals surface area contributed by atoms with Gasteiger partial charge in [0.2, 0.25) is 0 Å². The van der Waals surface area contributed by atoms with Crippen molar-refractivity contribution in [2.45, 2.75) is 31.3 Å². The van der Waals surface area contributed by atoms with Crippen LogP contribution in [0.15, 0.2) is 24.3 Å². The monoisotopic (exact) mass is 231 g/mol. The van der Waals surface area contributed by atoms with Gasteiger partial charge in [-0.15, -0.1) is 0 Å². The lowest BCUT2D eigenvalue weighted by atomic mass is 9.76. The SMILES string of the molecule is NCc1cccc(N2C(=O)NCC23CCC3)c1. The summed E-state index contributed by atoms with van der Waals surface area (Å²) in [6, 6.07) is 7.99. The number of hydrogen-bond acceptors (Lipinski definition) is 2. The first kappa shape index (κ1) is 10.6. The maximum atomic E-state index is 12.0.